The zero-order chi connectivity index (χ0) is 20.0. The van der Waals surface area contributed by atoms with Crippen LogP contribution in [0, 0.1) is 0 Å². The number of rotatable bonds is 8. The van der Waals surface area contributed by atoms with Crippen molar-refractivity contribution in [3.63, 3.8) is 0 Å². The predicted molar refractivity (Wildman–Crippen MR) is 103 cm³/mol. The Labute approximate surface area is 162 Å². The van der Waals surface area contributed by atoms with Crippen molar-refractivity contribution in [1.29, 1.82) is 0 Å². The molecule has 27 heavy (non-hydrogen) atoms. The van der Waals surface area contributed by atoms with Crippen molar-refractivity contribution in [3.8, 4) is 0 Å². The minimum atomic E-state index is -3.35. The van der Waals surface area contributed by atoms with E-state index in [9.17, 15) is 18.0 Å². The van der Waals surface area contributed by atoms with Crippen molar-refractivity contribution >= 4 is 27.3 Å². The summed E-state index contributed by atoms with van der Waals surface area (Å²) in [5.41, 5.74) is 0.697. The molecule has 1 aromatic heterocycles. The van der Waals surface area contributed by atoms with Gasteiger partial charge in [0.15, 0.2) is 9.84 Å². The van der Waals surface area contributed by atoms with Gasteiger partial charge in [0.05, 0.1) is 17.1 Å². The molecule has 0 spiro atoms. The van der Waals surface area contributed by atoms with E-state index in [1.165, 1.54) is 35.0 Å². The van der Waals surface area contributed by atoms with Crippen LogP contribution in [0.15, 0.2) is 46.2 Å². The first-order valence-electron chi connectivity index (χ1n) is 8.27. The largest absolute Gasteiger partial charge is 0.380 e. The first-order chi connectivity index (χ1) is 12.7. The second-order valence-corrected chi connectivity index (χ2v) is 8.28. The lowest BCUT2D eigenvalue weighted by Crippen LogP contribution is -2.27. The molecule has 0 saturated heterocycles. The molecule has 0 fully saturated rings. The van der Waals surface area contributed by atoms with Gasteiger partial charge in [-0.3, -0.25) is 9.59 Å². The van der Waals surface area contributed by atoms with Crippen LogP contribution in [0.25, 0.3) is 0 Å². The number of nitrogens with zero attached hydrogens (tertiary/aromatic N) is 1. The van der Waals surface area contributed by atoms with E-state index in [-0.39, 0.29) is 27.9 Å². The average molecular weight is 413 g/mol. The molecular weight excluding hydrogens is 392 g/mol. The Kier molecular flexibility index (Phi) is 7.18. The van der Waals surface area contributed by atoms with Crippen molar-refractivity contribution in [2.75, 3.05) is 19.5 Å². The quantitative estimate of drug-likeness (QED) is 0.668. The summed E-state index contributed by atoms with van der Waals surface area (Å²) in [6.07, 6.45) is 2.58. The summed E-state index contributed by atoms with van der Waals surface area (Å²) in [7, 11) is -3.35. The third-order valence-corrected chi connectivity index (χ3v) is 5.28. The maximum Gasteiger partial charge on any atom is 0.253 e. The normalized spacial score (nSPS) is 11.4. The molecule has 1 amide bonds. The van der Waals surface area contributed by atoms with Gasteiger partial charge in [0.1, 0.15) is 0 Å². The average Bonchev–Trinajstić information content (AvgIpc) is 2.61. The third-order valence-electron chi connectivity index (χ3n) is 3.82. The fourth-order valence-corrected chi connectivity index (χ4v) is 3.29. The van der Waals surface area contributed by atoms with Crippen LogP contribution in [0.5, 0.6) is 0 Å². The lowest BCUT2D eigenvalue weighted by Gasteiger charge is -2.10. The molecule has 2 rings (SSSR count). The minimum Gasteiger partial charge on any atom is -0.380 e. The summed E-state index contributed by atoms with van der Waals surface area (Å²) < 4.78 is 29.7. The highest BCUT2D eigenvalue weighted by Gasteiger charge is 2.12. The molecule has 0 bridgehead atoms. The van der Waals surface area contributed by atoms with E-state index in [1.807, 2.05) is 6.92 Å². The number of aromatic nitrogens is 1. The molecule has 1 heterocycles. The molecule has 0 aliphatic carbocycles. The van der Waals surface area contributed by atoms with Crippen molar-refractivity contribution in [3.05, 3.63) is 63.0 Å². The summed E-state index contributed by atoms with van der Waals surface area (Å²) in [6.45, 7) is 3.27. The van der Waals surface area contributed by atoms with Crippen molar-refractivity contribution in [2.24, 2.45) is 0 Å². The van der Waals surface area contributed by atoms with Gasteiger partial charge in [-0.05, 0) is 30.7 Å². The van der Waals surface area contributed by atoms with Crippen molar-refractivity contribution in [1.82, 2.24) is 9.88 Å². The number of sulfone groups is 1. The Hall–Kier alpha value is -2.16. The SMILES string of the molecule is CCOCCn1cc(C(=O)NCc2ccc(S(C)(=O)=O)cc2Cl)ccc1=O. The Morgan fingerprint density at radius 3 is 2.63 bits per heavy atom. The van der Waals surface area contributed by atoms with E-state index < -0.39 is 9.84 Å². The van der Waals surface area contributed by atoms with E-state index in [2.05, 4.69) is 5.32 Å². The molecule has 0 aliphatic heterocycles. The first kappa shape index (κ1) is 21.1. The zero-order valence-electron chi connectivity index (χ0n) is 15.1. The van der Waals surface area contributed by atoms with Crippen molar-refractivity contribution in [2.45, 2.75) is 24.9 Å². The molecule has 0 aliphatic rings. The van der Waals surface area contributed by atoms with E-state index >= 15 is 0 Å². The van der Waals surface area contributed by atoms with Gasteiger partial charge in [-0.1, -0.05) is 17.7 Å². The van der Waals surface area contributed by atoms with E-state index in [4.69, 9.17) is 16.3 Å². The smallest absolute Gasteiger partial charge is 0.253 e. The second kappa shape index (κ2) is 9.16. The summed E-state index contributed by atoms with van der Waals surface area (Å²) in [6, 6.07) is 7.13. The van der Waals surface area contributed by atoms with Gasteiger partial charge in [0.25, 0.3) is 11.5 Å². The summed E-state index contributed by atoms with van der Waals surface area (Å²) in [4.78, 5) is 24.3. The van der Waals surface area contributed by atoms with Crippen LogP contribution in [-0.4, -0.2) is 38.4 Å². The molecule has 9 heteroatoms. The topological polar surface area (TPSA) is 94.5 Å². The number of benzene rings is 1. The number of ether oxygens (including phenoxy) is 1. The Morgan fingerprint density at radius 1 is 1.26 bits per heavy atom. The van der Waals surface area contributed by atoms with Gasteiger partial charge in [-0.2, -0.15) is 0 Å². The van der Waals surface area contributed by atoms with Gasteiger partial charge in [0.2, 0.25) is 0 Å². The number of pyridine rings is 1. The Balaban J connectivity index is 2.07. The highest BCUT2D eigenvalue weighted by Crippen LogP contribution is 2.20. The number of hydrogen-bond acceptors (Lipinski definition) is 5. The fraction of sp³-hybridized carbons (Fsp3) is 0.333. The minimum absolute atomic E-state index is 0.115. The van der Waals surface area contributed by atoms with Crippen molar-refractivity contribution < 1.29 is 17.9 Å². The van der Waals surface area contributed by atoms with E-state index in [0.717, 1.165) is 6.26 Å². The molecule has 7 nitrogen and oxygen atoms in total. The van der Waals surface area contributed by atoms with Crippen LogP contribution in [0.4, 0.5) is 0 Å². The number of nitrogens with one attached hydrogen (secondary N) is 1. The molecule has 146 valence electrons. The van der Waals surface area contributed by atoms with Gasteiger partial charge in [-0.25, -0.2) is 8.42 Å². The number of amides is 1. The van der Waals surface area contributed by atoms with E-state index in [0.29, 0.717) is 30.9 Å². The molecule has 0 saturated carbocycles. The number of hydrogen-bond donors (Lipinski definition) is 1. The lowest BCUT2D eigenvalue weighted by molar-refractivity contribution is 0.0949. The maximum absolute atomic E-state index is 12.4. The monoisotopic (exact) mass is 412 g/mol. The summed E-state index contributed by atoms with van der Waals surface area (Å²) in [5.74, 6) is -0.372. The molecule has 2 aromatic rings. The fourth-order valence-electron chi connectivity index (χ4n) is 2.33. The molecule has 0 atom stereocenters. The second-order valence-electron chi connectivity index (χ2n) is 5.85. The standard InChI is InChI=1S/C18H21ClN2O5S/c1-3-26-9-8-21-12-14(5-7-17(21)22)18(23)20-11-13-4-6-15(10-16(13)19)27(2,24)25/h4-7,10,12H,3,8-9,11H2,1-2H3,(H,20,23). The number of carbonyl (C=O) groups is 1. The molecular formula is C18H21ClN2O5S. The summed E-state index contributed by atoms with van der Waals surface area (Å²) in [5, 5.41) is 2.96. The molecule has 0 radical (unpaired) electrons. The predicted octanol–water partition coefficient (Wildman–Crippen LogP) is 1.87. The first-order valence-corrected chi connectivity index (χ1v) is 10.5. The van der Waals surface area contributed by atoms with E-state index in [1.54, 1.807) is 6.07 Å². The van der Waals surface area contributed by atoms with Crippen LogP contribution in [-0.2, 0) is 27.7 Å². The number of halogens is 1. The molecule has 1 aromatic carbocycles. The van der Waals surface area contributed by atoms with Crippen LogP contribution < -0.4 is 10.9 Å². The lowest BCUT2D eigenvalue weighted by atomic mass is 10.2. The highest BCUT2D eigenvalue weighted by molar-refractivity contribution is 7.90. The summed E-state index contributed by atoms with van der Waals surface area (Å²) >= 11 is 6.11. The van der Waals surface area contributed by atoms with Gasteiger partial charge < -0.3 is 14.6 Å². The van der Waals surface area contributed by atoms with Crippen LogP contribution in [0.2, 0.25) is 5.02 Å². The third kappa shape index (κ3) is 5.92. The molecule has 0 unspecified atom stereocenters. The van der Waals surface area contributed by atoms with Gasteiger partial charge in [0, 0.05) is 43.2 Å². The molecule has 1 N–H and O–H groups in total. The zero-order valence-corrected chi connectivity index (χ0v) is 16.6. The Morgan fingerprint density at radius 2 is 2.00 bits per heavy atom. The van der Waals surface area contributed by atoms with Crippen LogP contribution in [0.1, 0.15) is 22.8 Å². The number of carbonyl (C=O) groups excluding carboxylic acids is 1. The highest BCUT2D eigenvalue weighted by atomic mass is 35.5. The van der Waals surface area contributed by atoms with Gasteiger partial charge in [-0.15, -0.1) is 0 Å². The van der Waals surface area contributed by atoms with Gasteiger partial charge >= 0.3 is 0 Å². The van der Waals surface area contributed by atoms with Crippen LogP contribution >= 0.6 is 11.6 Å². The Bertz CT molecular complexity index is 985. The van der Waals surface area contributed by atoms with Crippen LogP contribution in [0.3, 0.4) is 0 Å². The maximum atomic E-state index is 12.4.